The summed E-state index contributed by atoms with van der Waals surface area (Å²) in [4.78, 5) is 5.57. The van der Waals surface area contributed by atoms with Gasteiger partial charge in [-0.1, -0.05) is 310 Å². The molecule has 6 aromatic heterocycles. The highest BCUT2D eigenvalue weighted by molar-refractivity contribution is 7.00. The fourth-order valence-electron chi connectivity index (χ4n) is 22.6. The van der Waals surface area contributed by atoms with Crippen molar-refractivity contribution in [2.24, 2.45) is 0 Å². The van der Waals surface area contributed by atoms with Crippen LogP contribution >= 0.6 is 0 Å². The summed E-state index contributed by atoms with van der Waals surface area (Å²) in [6, 6.07) is 133. The van der Waals surface area contributed by atoms with E-state index in [1.807, 2.05) is 0 Å². The number of aromatic nitrogens is 4. The zero-order chi connectivity index (χ0) is 87.7. The second kappa shape index (κ2) is 27.1. The molecule has 2 aliphatic heterocycles. The van der Waals surface area contributed by atoms with Crippen LogP contribution in [0.2, 0.25) is 0 Å². The van der Waals surface area contributed by atoms with Gasteiger partial charge in [-0.2, -0.15) is 0 Å². The maximum atomic E-state index is 2.81. The summed E-state index contributed by atoms with van der Waals surface area (Å²) in [5, 5.41) is 14.9. The third-order valence-corrected chi connectivity index (χ3v) is 29.1. The molecule has 8 heterocycles. The van der Waals surface area contributed by atoms with Gasteiger partial charge in [0.15, 0.2) is 0 Å². The van der Waals surface area contributed by atoms with E-state index >= 15 is 0 Å². The van der Waals surface area contributed by atoms with Crippen LogP contribution in [0.4, 0.5) is 34.1 Å². The van der Waals surface area contributed by atoms with E-state index in [4.69, 9.17) is 0 Å². The van der Waals surface area contributed by atoms with Crippen LogP contribution in [0.5, 0.6) is 0 Å². The Bertz CT molecular complexity index is 8140. The minimum absolute atomic E-state index is 0.0800. The second-order valence-corrected chi connectivity index (χ2v) is 42.1. The molecule has 0 saturated carbocycles. The summed E-state index contributed by atoms with van der Waals surface area (Å²) in [5.41, 5.74) is 39.5. The normalized spacial score (nSPS) is 13.5. The zero-order valence-electron chi connectivity index (χ0n) is 76.1. The third kappa shape index (κ3) is 11.3. The minimum atomic E-state index is -0.401. The van der Waals surface area contributed by atoms with Gasteiger partial charge in [0.1, 0.15) is 0 Å². The van der Waals surface area contributed by atoms with Crippen LogP contribution in [0.1, 0.15) is 132 Å². The minimum Gasteiger partial charge on any atom is -0.310 e. The first kappa shape index (κ1) is 77.0. The standard InChI is InChI=1S/C122H101BN6/c1-118(2,3)76-48-56-105-91(64-76)92-65-77(119(4,5)6)49-57-106(92)124(105)81-52-54-99-109(70-81)128(114-83(72-32-18-16-19-33-72)40-30-41-84(114)73-34-20-17-21-35-73)111-68-80(122(13,14)15)69-112-113(111)123(99)100-55-53-82(125-107-58-50-78(120(7,8)9)66-93(107)94-67-79(121(10,11)12)51-59-108(94)125)71-110(100)129(112)115-85(74-60-95-87-36-22-26-44-101(87)126-102-45-27-23-37-88(102)96(61-74)116(95)126)42-31-43-86(115)75-62-97-89-38-24-28-46-103(89)127-104-47-29-25-39-90(104)98(63-75)117(97)127/h16-71H,1-15H3. The third-order valence-electron chi connectivity index (χ3n) is 29.1. The predicted molar refractivity (Wildman–Crippen MR) is 554 cm³/mol. The van der Waals surface area contributed by atoms with Gasteiger partial charge in [0, 0.05) is 121 Å². The Morgan fingerprint density at radius 1 is 0.202 bits per heavy atom. The van der Waals surface area contributed by atoms with Crippen molar-refractivity contribution >= 4 is 177 Å². The summed E-state index contributed by atoms with van der Waals surface area (Å²) in [5.74, 6) is 0. The molecule has 23 aromatic rings. The number of nitrogens with zero attached hydrogens (tertiary/aromatic N) is 6. The molecule has 6 nitrogen and oxygen atoms in total. The van der Waals surface area contributed by atoms with E-state index in [2.05, 4.69) is 471 Å². The van der Waals surface area contributed by atoms with Gasteiger partial charge >= 0.3 is 0 Å². The van der Waals surface area contributed by atoms with Crippen molar-refractivity contribution in [2.45, 2.75) is 131 Å². The lowest BCUT2D eigenvalue weighted by atomic mass is 9.33. The van der Waals surface area contributed by atoms with Gasteiger partial charge in [-0.3, -0.25) is 0 Å². The summed E-state index contributed by atoms with van der Waals surface area (Å²) in [7, 11) is 0. The predicted octanol–water partition coefficient (Wildman–Crippen LogP) is 31.4. The van der Waals surface area contributed by atoms with E-state index in [9.17, 15) is 0 Å². The fourth-order valence-corrected chi connectivity index (χ4v) is 22.6. The van der Waals surface area contributed by atoms with Crippen LogP contribution in [0.25, 0.3) is 176 Å². The Morgan fingerprint density at radius 3 is 0.791 bits per heavy atom. The molecule has 622 valence electrons. The first-order valence-electron chi connectivity index (χ1n) is 46.2. The van der Waals surface area contributed by atoms with E-state index in [1.54, 1.807) is 0 Å². The van der Waals surface area contributed by atoms with Crippen molar-refractivity contribution in [1.82, 2.24) is 17.9 Å². The van der Waals surface area contributed by atoms with Crippen molar-refractivity contribution < 1.29 is 0 Å². The molecule has 0 amide bonds. The number of para-hydroxylation sites is 6. The van der Waals surface area contributed by atoms with Crippen molar-refractivity contribution in [3.05, 3.63) is 368 Å². The van der Waals surface area contributed by atoms with Crippen LogP contribution in [0, 0.1) is 0 Å². The van der Waals surface area contributed by atoms with Crippen LogP contribution in [-0.4, -0.2) is 24.6 Å². The number of hydrogen-bond acceptors (Lipinski definition) is 2. The number of benzene rings is 17. The van der Waals surface area contributed by atoms with Gasteiger partial charge in [-0.05, 0) is 227 Å². The number of rotatable bonds is 8. The van der Waals surface area contributed by atoms with Gasteiger partial charge < -0.3 is 27.7 Å². The monoisotopic (exact) mass is 1660 g/mol. The molecule has 0 radical (unpaired) electrons. The van der Waals surface area contributed by atoms with Crippen molar-refractivity contribution in [3.8, 4) is 55.9 Å². The number of anilines is 6. The van der Waals surface area contributed by atoms with E-state index in [-0.39, 0.29) is 28.4 Å². The maximum Gasteiger partial charge on any atom is 0.252 e. The number of fused-ring (bicyclic) bond motifs is 22. The average Bonchev–Trinajstić information content (AvgIpc) is 0.908. The van der Waals surface area contributed by atoms with Crippen molar-refractivity contribution in [1.29, 1.82) is 0 Å². The molecule has 129 heavy (non-hydrogen) atoms. The molecule has 0 N–H and O–H groups in total. The molecule has 25 rings (SSSR count). The van der Waals surface area contributed by atoms with Gasteiger partial charge in [0.2, 0.25) is 0 Å². The van der Waals surface area contributed by atoms with Crippen LogP contribution in [-0.2, 0) is 27.1 Å². The topological polar surface area (TPSA) is 25.2 Å². The number of hydrogen-bond donors (Lipinski definition) is 0. The lowest BCUT2D eigenvalue weighted by molar-refractivity contribution is 0.590. The van der Waals surface area contributed by atoms with E-state index in [1.165, 1.54) is 164 Å². The quantitative estimate of drug-likeness (QED) is 0.142. The van der Waals surface area contributed by atoms with Crippen LogP contribution < -0.4 is 26.2 Å². The summed E-state index contributed by atoms with van der Waals surface area (Å²) in [6.45, 7) is 35.1. The van der Waals surface area contributed by atoms with Crippen LogP contribution in [0.3, 0.4) is 0 Å². The molecule has 0 unspecified atom stereocenters. The molecule has 2 aliphatic rings. The van der Waals surface area contributed by atoms with Gasteiger partial charge in [0.25, 0.3) is 6.71 Å². The molecule has 0 atom stereocenters. The molecular formula is C122H101BN6. The van der Waals surface area contributed by atoms with Gasteiger partial charge in [-0.15, -0.1) is 0 Å². The van der Waals surface area contributed by atoms with Crippen LogP contribution in [0.15, 0.2) is 340 Å². The van der Waals surface area contributed by atoms with E-state index in [0.717, 1.165) is 90.0 Å². The summed E-state index contributed by atoms with van der Waals surface area (Å²) < 4.78 is 10.2. The van der Waals surface area contributed by atoms with Gasteiger partial charge in [-0.25, -0.2) is 0 Å². The average molecular weight is 1660 g/mol. The molecular weight excluding hydrogens is 1560 g/mol. The Labute approximate surface area is 753 Å². The Hall–Kier alpha value is -14.4. The fraction of sp³-hybridized carbons (Fsp3) is 0.164. The molecule has 0 bridgehead atoms. The molecule has 0 aliphatic carbocycles. The Kier molecular flexibility index (Phi) is 16.2. The molecule has 17 aromatic carbocycles. The SMILES string of the molecule is CC(C)(C)c1cc2c3c(c1)N(c1c(-c4cc5c6ccccc6n6c7ccccc7c(c4)c56)cccc1-c1cc4c5ccccc5n5c6ccccc6c(c1)c45)c1cc(-n4c5ccc(C(C)(C)C)cc5c5cc(C(C)(C)C)ccc54)ccc1B3c1ccc(-n3c4ccc(C(C)(C)C)cc4c4cc(C(C)(C)C)ccc43)cc1N2c1c(-c2ccccc2)cccc1-c1ccccc1. The van der Waals surface area contributed by atoms with Crippen molar-refractivity contribution in [2.75, 3.05) is 9.80 Å². The largest absolute Gasteiger partial charge is 0.310 e. The lowest BCUT2D eigenvalue weighted by Gasteiger charge is -2.46. The molecule has 0 saturated heterocycles. The Morgan fingerprint density at radius 2 is 0.488 bits per heavy atom. The maximum absolute atomic E-state index is 2.81. The summed E-state index contributed by atoms with van der Waals surface area (Å²) in [6.07, 6.45) is 0. The van der Waals surface area contributed by atoms with Gasteiger partial charge in [0.05, 0.1) is 66.5 Å². The highest BCUT2D eigenvalue weighted by Gasteiger charge is 2.47. The molecule has 0 spiro atoms. The lowest BCUT2D eigenvalue weighted by Crippen LogP contribution is -2.61. The highest BCUT2D eigenvalue weighted by Crippen LogP contribution is 2.57. The molecule has 7 heteroatoms. The Balaban J connectivity index is 0.860. The van der Waals surface area contributed by atoms with E-state index in [0.29, 0.717) is 0 Å². The highest BCUT2D eigenvalue weighted by atomic mass is 15.2. The second-order valence-electron chi connectivity index (χ2n) is 42.1. The smallest absolute Gasteiger partial charge is 0.252 e. The van der Waals surface area contributed by atoms with Crippen molar-refractivity contribution in [3.63, 3.8) is 0 Å². The van der Waals surface area contributed by atoms with E-state index < -0.39 is 5.41 Å². The first-order valence-corrected chi connectivity index (χ1v) is 46.2. The summed E-state index contributed by atoms with van der Waals surface area (Å²) >= 11 is 0. The zero-order valence-corrected chi connectivity index (χ0v) is 76.1. The molecule has 0 fully saturated rings. The first-order chi connectivity index (χ1) is 62.2.